The van der Waals surface area contributed by atoms with Crippen LogP contribution in [-0.4, -0.2) is 21.1 Å². The molecule has 10 nitrogen and oxygen atoms in total. The third-order valence-corrected chi connectivity index (χ3v) is 2.80. The third-order valence-electron chi connectivity index (χ3n) is 2.80. The van der Waals surface area contributed by atoms with Crippen molar-refractivity contribution >= 4 is 34.1 Å². The van der Waals surface area contributed by atoms with Gasteiger partial charge in [0.15, 0.2) is 6.29 Å². The molecule has 0 heterocycles. The second-order valence-corrected chi connectivity index (χ2v) is 3.96. The van der Waals surface area contributed by atoms with Crippen molar-refractivity contribution in [3.63, 3.8) is 0 Å². The van der Waals surface area contributed by atoms with Crippen LogP contribution in [-0.2, 0) is 0 Å². The number of aldehydes is 1. The van der Waals surface area contributed by atoms with E-state index in [9.17, 15) is 35.1 Å². The summed E-state index contributed by atoms with van der Waals surface area (Å²) >= 11 is 0. The van der Waals surface area contributed by atoms with E-state index >= 15 is 0 Å². The molecule has 0 spiro atoms. The lowest BCUT2D eigenvalue weighted by Crippen LogP contribution is -2.02. The van der Waals surface area contributed by atoms with Gasteiger partial charge in [0.25, 0.3) is 5.69 Å². The molecule has 0 aliphatic heterocycles. The van der Waals surface area contributed by atoms with Crippen molar-refractivity contribution in [3.05, 3.63) is 60.2 Å². The van der Waals surface area contributed by atoms with E-state index in [0.29, 0.717) is 0 Å². The molecule has 0 aromatic heterocycles. The summed E-state index contributed by atoms with van der Waals surface area (Å²) in [5, 5.41) is 32.6. The van der Waals surface area contributed by atoms with Crippen LogP contribution in [0.2, 0.25) is 0 Å². The van der Waals surface area contributed by atoms with Crippen LogP contribution in [0, 0.1) is 30.3 Å². The molecule has 0 aliphatic carbocycles. The quantitative estimate of drug-likeness (QED) is 0.477. The molecule has 0 saturated carbocycles. The minimum absolute atomic E-state index is 0.00333. The van der Waals surface area contributed by atoms with Gasteiger partial charge in [-0.2, -0.15) is 0 Å². The first-order chi connectivity index (χ1) is 9.86. The molecule has 0 unspecified atom stereocenters. The topological polar surface area (TPSA) is 146 Å². The van der Waals surface area contributed by atoms with Gasteiger partial charge in [-0.1, -0.05) is 0 Å². The molecule has 2 aromatic carbocycles. The van der Waals surface area contributed by atoms with Gasteiger partial charge in [-0.3, -0.25) is 35.1 Å². The molecular formula is C11H5N3O7. The van der Waals surface area contributed by atoms with Crippen molar-refractivity contribution in [2.24, 2.45) is 0 Å². The maximum absolute atomic E-state index is 11.1. The number of carbonyl (C=O) groups excluding carboxylic acids is 1. The molecule has 0 radical (unpaired) electrons. The van der Waals surface area contributed by atoms with Crippen LogP contribution >= 0.6 is 0 Å². The highest BCUT2D eigenvalue weighted by atomic mass is 16.6. The Morgan fingerprint density at radius 3 is 1.95 bits per heavy atom. The van der Waals surface area contributed by atoms with Gasteiger partial charge in [-0.05, 0) is 17.5 Å². The van der Waals surface area contributed by atoms with Crippen molar-refractivity contribution in [2.75, 3.05) is 0 Å². The summed E-state index contributed by atoms with van der Waals surface area (Å²) in [5.74, 6) is 0. The third kappa shape index (κ3) is 2.25. The summed E-state index contributed by atoms with van der Waals surface area (Å²) < 4.78 is 0. The highest BCUT2D eigenvalue weighted by molar-refractivity contribution is 6.02. The van der Waals surface area contributed by atoms with Gasteiger partial charge in [0.1, 0.15) is 5.56 Å². The van der Waals surface area contributed by atoms with E-state index in [1.54, 1.807) is 0 Å². The van der Waals surface area contributed by atoms with Gasteiger partial charge in [0, 0.05) is 12.1 Å². The minimum Gasteiger partial charge on any atom is -0.298 e. The van der Waals surface area contributed by atoms with Gasteiger partial charge in [0.05, 0.1) is 20.2 Å². The molecule has 21 heavy (non-hydrogen) atoms. The summed E-state index contributed by atoms with van der Waals surface area (Å²) in [6.07, 6.45) is 0.101. The normalized spacial score (nSPS) is 10.3. The van der Waals surface area contributed by atoms with Crippen LogP contribution in [0.1, 0.15) is 10.4 Å². The molecule has 0 aliphatic rings. The van der Waals surface area contributed by atoms with E-state index in [-0.39, 0.29) is 22.7 Å². The predicted octanol–water partition coefficient (Wildman–Crippen LogP) is 2.38. The Morgan fingerprint density at radius 2 is 1.48 bits per heavy atom. The smallest absolute Gasteiger partial charge is 0.298 e. The first-order valence-electron chi connectivity index (χ1n) is 5.36. The molecule has 2 rings (SSSR count). The lowest BCUT2D eigenvalue weighted by atomic mass is 10.0. The molecule has 0 atom stereocenters. The lowest BCUT2D eigenvalue weighted by Gasteiger charge is -2.03. The summed E-state index contributed by atoms with van der Waals surface area (Å²) in [4.78, 5) is 40.9. The Labute approximate surface area is 115 Å². The minimum atomic E-state index is -1.03. The van der Waals surface area contributed by atoms with Crippen LogP contribution in [0.4, 0.5) is 17.1 Å². The molecule has 2 aromatic rings. The highest BCUT2D eigenvalue weighted by Crippen LogP contribution is 2.38. The molecular weight excluding hydrogens is 286 g/mol. The van der Waals surface area contributed by atoms with Crippen molar-refractivity contribution in [1.82, 2.24) is 0 Å². The maximum atomic E-state index is 11.1. The Hall–Kier alpha value is -3.43. The fourth-order valence-corrected chi connectivity index (χ4v) is 1.97. The van der Waals surface area contributed by atoms with Gasteiger partial charge in [-0.25, -0.2) is 0 Å². The number of nitro groups is 3. The van der Waals surface area contributed by atoms with Gasteiger partial charge < -0.3 is 0 Å². The largest absolute Gasteiger partial charge is 0.357 e. The number of carbonyl (C=O) groups is 1. The number of hydrogen-bond donors (Lipinski definition) is 0. The second-order valence-electron chi connectivity index (χ2n) is 3.96. The van der Waals surface area contributed by atoms with E-state index in [2.05, 4.69) is 0 Å². The van der Waals surface area contributed by atoms with Crippen LogP contribution in [0.3, 0.4) is 0 Å². The Kier molecular flexibility index (Phi) is 3.28. The maximum Gasteiger partial charge on any atom is 0.357 e. The van der Waals surface area contributed by atoms with E-state index in [1.807, 2.05) is 0 Å². The van der Waals surface area contributed by atoms with Crippen molar-refractivity contribution in [3.8, 4) is 0 Å². The van der Waals surface area contributed by atoms with Crippen molar-refractivity contribution < 1.29 is 19.6 Å². The number of benzene rings is 2. The number of fused-ring (bicyclic) bond motifs is 1. The second kappa shape index (κ2) is 4.92. The monoisotopic (exact) mass is 291 g/mol. The van der Waals surface area contributed by atoms with E-state index in [4.69, 9.17) is 0 Å². The average molecular weight is 291 g/mol. The Balaban J connectivity index is 2.98. The van der Waals surface area contributed by atoms with Crippen molar-refractivity contribution in [2.45, 2.75) is 0 Å². The zero-order valence-corrected chi connectivity index (χ0v) is 10.1. The van der Waals surface area contributed by atoms with Crippen LogP contribution in [0.25, 0.3) is 10.8 Å². The molecule has 0 N–H and O–H groups in total. The summed E-state index contributed by atoms with van der Waals surface area (Å²) in [5.41, 5.74) is -2.66. The number of nitro benzene ring substituents is 3. The number of nitrogens with zero attached hydrogens (tertiary/aromatic N) is 3. The van der Waals surface area contributed by atoms with Crippen LogP contribution in [0.5, 0.6) is 0 Å². The van der Waals surface area contributed by atoms with Gasteiger partial charge >= 0.3 is 11.4 Å². The number of hydrogen-bond acceptors (Lipinski definition) is 7. The zero-order valence-electron chi connectivity index (χ0n) is 10.1. The fraction of sp³-hybridized carbons (Fsp3) is 0. The summed E-state index contributed by atoms with van der Waals surface area (Å²) in [6.45, 7) is 0. The summed E-state index contributed by atoms with van der Waals surface area (Å²) in [6, 6.07) is 4.08. The molecule has 0 fully saturated rings. The first kappa shape index (κ1) is 14.0. The fourth-order valence-electron chi connectivity index (χ4n) is 1.97. The van der Waals surface area contributed by atoms with E-state index < -0.39 is 31.7 Å². The zero-order chi connectivity index (χ0) is 15.7. The molecule has 10 heteroatoms. The van der Waals surface area contributed by atoms with Crippen LogP contribution in [0.15, 0.2) is 24.3 Å². The van der Waals surface area contributed by atoms with Crippen molar-refractivity contribution in [1.29, 1.82) is 0 Å². The van der Waals surface area contributed by atoms with Crippen LogP contribution < -0.4 is 0 Å². The predicted molar refractivity (Wildman–Crippen MR) is 69.3 cm³/mol. The number of rotatable bonds is 4. The van der Waals surface area contributed by atoms with E-state index in [0.717, 1.165) is 24.3 Å². The van der Waals surface area contributed by atoms with Gasteiger partial charge in [-0.15, -0.1) is 0 Å². The van der Waals surface area contributed by atoms with Gasteiger partial charge in [0.2, 0.25) is 0 Å². The highest BCUT2D eigenvalue weighted by Gasteiger charge is 2.32. The first-order valence-corrected chi connectivity index (χ1v) is 5.36. The average Bonchev–Trinajstić information content (AvgIpc) is 2.43. The summed E-state index contributed by atoms with van der Waals surface area (Å²) in [7, 11) is 0. The Bertz CT molecular complexity index is 815. The number of non-ortho nitro benzene ring substituents is 1. The SMILES string of the molecule is O=Cc1cc2cc([N+](=O)[O-])ccc2c([N+](=O)[O-])c1[N+](=O)[O-]. The lowest BCUT2D eigenvalue weighted by molar-refractivity contribution is -0.421. The van der Waals surface area contributed by atoms with E-state index in [1.165, 1.54) is 0 Å². The molecule has 106 valence electrons. The molecule has 0 saturated heterocycles. The molecule has 0 bridgehead atoms. The molecule has 0 amide bonds. The standard InChI is InChI=1S/C11H5N3O7/c15-5-7-3-6-4-8(12(16)17)1-2-9(6)11(14(20)21)10(7)13(18)19/h1-5H. The Morgan fingerprint density at radius 1 is 0.857 bits per heavy atom.